The van der Waals surface area contributed by atoms with E-state index in [1.807, 2.05) is 6.07 Å². The van der Waals surface area contributed by atoms with Crippen LogP contribution in [0.25, 0.3) is 0 Å². The molecule has 6 nitrogen and oxygen atoms in total. The Hall–Kier alpha value is -1.78. The number of ether oxygens (including phenoxy) is 2. The third kappa shape index (κ3) is 6.77. The van der Waals surface area contributed by atoms with Gasteiger partial charge in [0.15, 0.2) is 0 Å². The molecule has 0 unspecified atom stereocenters. The molecule has 0 aromatic heterocycles. The van der Waals surface area contributed by atoms with Crippen LogP contribution >= 0.6 is 23.2 Å². The number of methoxy groups -OCH3 is 2. The van der Waals surface area contributed by atoms with E-state index in [1.165, 1.54) is 12.3 Å². The molecule has 0 bridgehead atoms. The summed E-state index contributed by atoms with van der Waals surface area (Å²) >= 11 is 11.7. The maximum Gasteiger partial charge on any atom is 0.267 e. The molecule has 8 heteroatoms. The van der Waals surface area contributed by atoms with Crippen LogP contribution in [-0.4, -0.2) is 51.3 Å². The number of hydrogen-bond acceptors (Lipinski definition) is 5. The van der Waals surface area contributed by atoms with Crippen molar-refractivity contribution in [3.05, 3.63) is 40.0 Å². The molecule has 1 aromatic carbocycles. The Bertz CT molecular complexity index is 621. The lowest BCUT2D eigenvalue weighted by Crippen LogP contribution is -2.27. The number of carbonyl (C=O) groups is 1. The summed E-state index contributed by atoms with van der Waals surface area (Å²) in [4.78, 5) is 14.0. The van der Waals surface area contributed by atoms with Crippen molar-refractivity contribution in [2.75, 3.05) is 45.8 Å². The number of rotatable bonds is 9. The molecule has 0 spiro atoms. The van der Waals surface area contributed by atoms with Gasteiger partial charge in [-0.2, -0.15) is 5.26 Å². The molecular formula is C16H19Cl2N3O3. The zero-order valence-corrected chi connectivity index (χ0v) is 15.0. The Morgan fingerprint density at radius 1 is 1.25 bits per heavy atom. The molecule has 0 aliphatic rings. The van der Waals surface area contributed by atoms with Crippen LogP contribution in [0.1, 0.15) is 0 Å². The predicted octanol–water partition coefficient (Wildman–Crippen LogP) is 2.93. The second-order valence-electron chi connectivity index (χ2n) is 4.76. The third-order valence-electron chi connectivity index (χ3n) is 3.02. The lowest BCUT2D eigenvalue weighted by atomic mass is 10.2. The molecule has 130 valence electrons. The van der Waals surface area contributed by atoms with E-state index in [2.05, 4.69) is 5.32 Å². The first-order valence-corrected chi connectivity index (χ1v) is 7.87. The fraction of sp³-hybridized carbons (Fsp3) is 0.375. The van der Waals surface area contributed by atoms with E-state index < -0.39 is 5.91 Å². The number of halogens is 2. The third-order valence-corrected chi connectivity index (χ3v) is 3.76. The number of hydrogen-bond donors (Lipinski definition) is 1. The van der Waals surface area contributed by atoms with Gasteiger partial charge in [-0.05, 0) is 18.2 Å². The maximum absolute atomic E-state index is 12.3. The molecule has 1 N–H and O–H groups in total. The van der Waals surface area contributed by atoms with Crippen molar-refractivity contribution >= 4 is 34.8 Å². The molecule has 0 fully saturated rings. The molecule has 0 heterocycles. The van der Waals surface area contributed by atoms with Crippen LogP contribution in [0.4, 0.5) is 5.69 Å². The van der Waals surface area contributed by atoms with Crippen molar-refractivity contribution < 1.29 is 14.3 Å². The van der Waals surface area contributed by atoms with Gasteiger partial charge in [0, 0.05) is 39.2 Å². The summed E-state index contributed by atoms with van der Waals surface area (Å²) in [6, 6.07) is 6.59. The van der Waals surface area contributed by atoms with Crippen LogP contribution in [0.5, 0.6) is 0 Å². The number of nitriles is 1. The van der Waals surface area contributed by atoms with Crippen LogP contribution in [0.2, 0.25) is 10.0 Å². The Morgan fingerprint density at radius 3 is 2.38 bits per heavy atom. The van der Waals surface area contributed by atoms with Gasteiger partial charge in [-0.25, -0.2) is 0 Å². The zero-order chi connectivity index (χ0) is 17.9. The minimum atomic E-state index is -0.532. The van der Waals surface area contributed by atoms with Gasteiger partial charge >= 0.3 is 0 Å². The monoisotopic (exact) mass is 371 g/mol. The number of amides is 1. The number of anilines is 1. The summed E-state index contributed by atoms with van der Waals surface area (Å²) in [5, 5.41) is 12.6. The van der Waals surface area contributed by atoms with Crippen molar-refractivity contribution in [1.82, 2.24) is 4.90 Å². The molecular weight excluding hydrogens is 353 g/mol. The van der Waals surface area contributed by atoms with E-state index in [0.29, 0.717) is 42.0 Å². The molecule has 24 heavy (non-hydrogen) atoms. The lowest BCUT2D eigenvalue weighted by Gasteiger charge is -2.20. The van der Waals surface area contributed by atoms with Gasteiger partial charge in [0.25, 0.3) is 5.91 Å². The first-order chi connectivity index (χ1) is 11.5. The average molecular weight is 372 g/mol. The Kier molecular flexibility index (Phi) is 9.20. The lowest BCUT2D eigenvalue weighted by molar-refractivity contribution is -0.112. The van der Waals surface area contributed by atoms with E-state index in [-0.39, 0.29) is 5.57 Å². The van der Waals surface area contributed by atoms with Crippen LogP contribution in [0.15, 0.2) is 30.0 Å². The van der Waals surface area contributed by atoms with Crippen LogP contribution < -0.4 is 5.32 Å². The summed E-state index contributed by atoms with van der Waals surface area (Å²) in [6.45, 7) is 2.00. The van der Waals surface area contributed by atoms with E-state index in [9.17, 15) is 10.1 Å². The summed E-state index contributed by atoms with van der Waals surface area (Å²) in [5.41, 5.74) is 0.421. The van der Waals surface area contributed by atoms with Crippen LogP contribution in [-0.2, 0) is 14.3 Å². The number of benzene rings is 1. The maximum atomic E-state index is 12.3. The zero-order valence-electron chi connectivity index (χ0n) is 13.5. The first kappa shape index (κ1) is 20.3. The normalized spacial score (nSPS) is 11.0. The molecule has 0 aliphatic heterocycles. The molecule has 0 radical (unpaired) electrons. The highest BCUT2D eigenvalue weighted by molar-refractivity contribution is 6.42. The van der Waals surface area contributed by atoms with Crippen LogP contribution in [0.3, 0.4) is 0 Å². The average Bonchev–Trinajstić information content (AvgIpc) is 2.57. The van der Waals surface area contributed by atoms with Gasteiger partial charge in [0.2, 0.25) is 0 Å². The van der Waals surface area contributed by atoms with Crippen molar-refractivity contribution in [2.24, 2.45) is 0 Å². The van der Waals surface area contributed by atoms with E-state index in [0.717, 1.165) is 0 Å². The number of nitrogens with zero attached hydrogens (tertiary/aromatic N) is 2. The minimum Gasteiger partial charge on any atom is -0.383 e. The summed E-state index contributed by atoms with van der Waals surface area (Å²) in [6.07, 6.45) is 1.49. The smallest absolute Gasteiger partial charge is 0.267 e. The number of nitrogens with one attached hydrogen (secondary N) is 1. The Labute approximate surface area is 151 Å². The Balaban J connectivity index is 2.85. The van der Waals surface area contributed by atoms with Gasteiger partial charge in [-0.15, -0.1) is 0 Å². The van der Waals surface area contributed by atoms with Gasteiger partial charge in [-0.3, -0.25) is 4.79 Å². The molecule has 1 rings (SSSR count). The minimum absolute atomic E-state index is 0.0340. The standard InChI is InChI=1S/C16H19Cl2N3O3/c1-23-7-5-21(6-8-24-2)11-12(10-19)16(22)20-13-3-4-14(17)15(18)9-13/h3-4,9,11H,5-8H2,1-2H3,(H,20,22)/b12-11-. The predicted molar refractivity (Wildman–Crippen MR) is 94.1 cm³/mol. The highest BCUT2D eigenvalue weighted by Gasteiger charge is 2.12. The van der Waals surface area contributed by atoms with Crippen molar-refractivity contribution in [3.8, 4) is 6.07 Å². The molecule has 1 aromatic rings. The van der Waals surface area contributed by atoms with Gasteiger partial charge in [-0.1, -0.05) is 23.2 Å². The van der Waals surface area contributed by atoms with Crippen molar-refractivity contribution in [2.45, 2.75) is 0 Å². The number of carbonyl (C=O) groups excluding carboxylic acids is 1. The molecule has 0 saturated heterocycles. The van der Waals surface area contributed by atoms with Crippen molar-refractivity contribution in [3.63, 3.8) is 0 Å². The van der Waals surface area contributed by atoms with Crippen molar-refractivity contribution in [1.29, 1.82) is 5.26 Å². The highest BCUT2D eigenvalue weighted by Crippen LogP contribution is 2.25. The van der Waals surface area contributed by atoms with E-state index in [1.54, 1.807) is 31.3 Å². The fourth-order valence-electron chi connectivity index (χ4n) is 1.75. The van der Waals surface area contributed by atoms with E-state index >= 15 is 0 Å². The van der Waals surface area contributed by atoms with Gasteiger partial charge in [0.1, 0.15) is 11.6 Å². The first-order valence-electron chi connectivity index (χ1n) is 7.12. The summed E-state index contributed by atoms with van der Waals surface area (Å²) in [7, 11) is 3.17. The summed E-state index contributed by atoms with van der Waals surface area (Å²) < 4.78 is 10.1. The Morgan fingerprint density at radius 2 is 1.88 bits per heavy atom. The van der Waals surface area contributed by atoms with E-state index in [4.69, 9.17) is 32.7 Å². The SMILES string of the molecule is COCCN(/C=C(/C#N)C(=O)Nc1ccc(Cl)c(Cl)c1)CCOC. The second kappa shape index (κ2) is 10.9. The van der Waals surface area contributed by atoms with Gasteiger partial charge < -0.3 is 19.7 Å². The molecule has 0 saturated carbocycles. The van der Waals surface area contributed by atoms with Gasteiger partial charge in [0.05, 0.1) is 23.3 Å². The quantitative estimate of drug-likeness (QED) is 0.533. The molecule has 1 amide bonds. The fourth-order valence-corrected chi connectivity index (χ4v) is 2.05. The van der Waals surface area contributed by atoms with Crippen LogP contribution in [0, 0.1) is 11.3 Å². The topological polar surface area (TPSA) is 74.6 Å². The second-order valence-corrected chi connectivity index (χ2v) is 5.57. The highest BCUT2D eigenvalue weighted by atomic mass is 35.5. The molecule has 0 aliphatic carbocycles. The summed E-state index contributed by atoms with van der Waals surface area (Å²) in [5.74, 6) is -0.532. The largest absolute Gasteiger partial charge is 0.383 e. The molecule has 0 atom stereocenters.